The van der Waals surface area contributed by atoms with Gasteiger partial charge in [-0.05, 0) is 39.2 Å². The Balaban J connectivity index is 2.24. The average molecular weight is 312 g/mol. The molecule has 0 spiro atoms. The molecule has 4 nitrogen and oxygen atoms in total. The lowest BCUT2D eigenvalue weighted by Gasteiger charge is -2.17. The summed E-state index contributed by atoms with van der Waals surface area (Å²) in [6.07, 6.45) is 0. The van der Waals surface area contributed by atoms with E-state index in [4.69, 9.17) is 17.3 Å². The Kier molecular flexibility index (Phi) is 4.52. The van der Waals surface area contributed by atoms with E-state index in [1.54, 1.807) is 12.1 Å². The van der Waals surface area contributed by atoms with Gasteiger partial charge in [-0.1, -0.05) is 11.6 Å². The first-order valence-corrected chi connectivity index (χ1v) is 7.51. The lowest BCUT2D eigenvalue weighted by Crippen LogP contribution is -2.39. The van der Waals surface area contributed by atoms with Gasteiger partial charge in [-0.3, -0.25) is 4.79 Å². The first-order chi connectivity index (χ1) is 9.38. The highest BCUT2D eigenvalue weighted by atomic mass is 35.5. The molecule has 1 atom stereocenters. The molecule has 2 aromatic rings. The lowest BCUT2D eigenvalue weighted by atomic mass is 10.2. The number of benzene rings is 1. The fourth-order valence-electron chi connectivity index (χ4n) is 2.14. The Bertz CT molecular complexity index is 639. The molecule has 0 saturated heterocycles. The van der Waals surface area contributed by atoms with Crippen molar-refractivity contribution in [1.82, 2.24) is 10.2 Å². The molecule has 0 saturated carbocycles. The van der Waals surface area contributed by atoms with Crippen LogP contribution in [0.4, 0.5) is 5.69 Å². The molecule has 1 heterocycles. The molecule has 0 aliphatic rings. The third-order valence-electron chi connectivity index (χ3n) is 2.91. The molecule has 1 unspecified atom stereocenters. The second kappa shape index (κ2) is 5.99. The van der Waals surface area contributed by atoms with Gasteiger partial charge in [0.25, 0.3) is 5.91 Å². The standard InChI is InChI=1S/C14H18ClN3OS/c1-8(7-18(2)3)17-14(19)13-12(16)10-6-9(15)4-5-11(10)20-13/h4-6,8H,7,16H2,1-3H3,(H,17,19). The van der Waals surface area contributed by atoms with Gasteiger partial charge in [0.1, 0.15) is 4.88 Å². The molecule has 1 amide bonds. The molecular formula is C14H18ClN3OS. The second-order valence-electron chi connectivity index (χ2n) is 5.12. The largest absolute Gasteiger partial charge is 0.397 e. The van der Waals surface area contributed by atoms with Gasteiger partial charge >= 0.3 is 0 Å². The zero-order chi connectivity index (χ0) is 14.9. The number of rotatable bonds is 4. The van der Waals surface area contributed by atoms with Crippen LogP contribution in [0.3, 0.4) is 0 Å². The van der Waals surface area contributed by atoms with Crippen LogP contribution < -0.4 is 11.1 Å². The summed E-state index contributed by atoms with van der Waals surface area (Å²) in [6, 6.07) is 5.54. The van der Waals surface area contributed by atoms with Gasteiger partial charge < -0.3 is 16.0 Å². The van der Waals surface area contributed by atoms with Crippen LogP contribution in [0.2, 0.25) is 5.02 Å². The van der Waals surface area contributed by atoms with Crippen LogP contribution in [0.1, 0.15) is 16.6 Å². The van der Waals surface area contributed by atoms with Crippen LogP contribution in [0.15, 0.2) is 18.2 Å². The monoisotopic (exact) mass is 311 g/mol. The molecule has 0 radical (unpaired) electrons. The number of likely N-dealkylation sites (N-methyl/N-ethyl adjacent to an activating group) is 1. The van der Waals surface area contributed by atoms with Crippen LogP contribution in [0.5, 0.6) is 0 Å². The van der Waals surface area contributed by atoms with E-state index in [-0.39, 0.29) is 11.9 Å². The molecule has 0 bridgehead atoms. The molecule has 108 valence electrons. The number of nitrogens with one attached hydrogen (secondary N) is 1. The van der Waals surface area contributed by atoms with E-state index in [9.17, 15) is 4.79 Å². The summed E-state index contributed by atoms with van der Waals surface area (Å²) in [5.74, 6) is -0.130. The number of carbonyl (C=O) groups excluding carboxylic acids is 1. The first kappa shape index (κ1) is 15.1. The number of carbonyl (C=O) groups is 1. The van der Waals surface area contributed by atoms with Crippen LogP contribution >= 0.6 is 22.9 Å². The molecule has 20 heavy (non-hydrogen) atoms. The van der Waals surface area contributed by atoms with Crippen molar-refractivity contribution in [2.45, 2.75) is 13.0 Å². The molecule has 0 aliphatic heterocycles. The van der Waals surface area contributed by atoms with Gasteiger partial charge in [-0.2, -0.15) is 0 Å². The Morgan fingerprint density at radius 2 is 2.20 bits per heavy atom. The minimum absolute atomic E-state index is 0.0608. The summed E-state index contributed by atoms with van der Waals surface area (Å²) >= 11 is 7.36. The minimum Gasteiger partial charge on any atom is -0.397 e. The lowest BCUT2D eigenvalue weighted by molar-refractivity contribution is 0.0939. The van der Waals surface area contributed by atoms with Crippen molar-refractivity contribution >= 4 is 44.6 Å². The highest BCUT2D eigenvalue weighted by Crippen LogP contribution is 2.35. The fourth-order valence-corrected chi connectivity index (χ4v) is 3.32. The molecule has 0 fully saturated rings. The van der Waals surface area contributed by atoms with E-state index in [0.29, 0.717) is 15.6 Å². The third kappa shape index (κ3) is 3.23. The predicted octanol–water partition coefficient (Wildman–Crippen LogP) is 2.82. The zero-order valence-electron chi connectivity index (χ0n) is 11.7. The molecule has 0 aliphatic carbocycles. The molecule has 1 aromatic heterocycles. The van der Waals surface area contributed by atoms with E-state index >= 15 is 0 Å². The van der Waals surface area contributed by atoms with E-state index in [2.05, 4.69) is 5.32 Å². The van der Waals surface area contributed by atoms with E-state index in [1.807, 2.05) is 32.0 Å². The van der Waals surface area contributed by atoms with Crippen molar-refractivity contribution in [3.05, 3.63) is 28.1 Å². The molecule has 6 heteroatoms. The van der Waals surface area contributed by atoms with Gasteiger partial charge in [0.15, 0.2) is 0 Å². The Labute approximate surface area is 127 Å². The molecular weight excluding hydrogens is 294 g/mol. The van der Waals surface area contributed by atoms with Crippen LogP contribution in [0, 0.1) is 0 Å². The number of amides is 1. The van der Waals surface area contributed by atoms with Crippen LogP contribution in [0.25, 0.3) is 10.1 Å². The van der Waals surface area contributed by atoms with E-state index in [1.165, 1.54) is 11.3 Å². The number of thiophene rings is 1. The summed E-state index contributed by atoms with van der Waals surface area (Å²) in [4.78, 5) is 14.9. The maximum atomic E-state index is 12.3. The number of halogens is 1. The van der Waals surface area contributed by atoms with Gasteiger partial charge in [-0.25, -0.2) is 0 Å². The fraction of sp³-hybridized carbons (Fsp3) is 0.357. The highest BCUT2D eigenvalue weighted by molar-refractivity contribution is 7.21. The van der Waals surface area contributed by atoms with Crippen molar-refractivity contribution in [3.8, 4) is 0 Å². The predicted molar refractivity (Wildman–Crippen MR) is 86.7 cm³/mol. The van der Waals surface area contributed by atoms with Crippen molar-refractivity contribution in [2.75, 3.05) is 26.4 Å². The van der Waals surface area contributed by atoms with Gasteiger partial charge in [0, 0.05) is 27.7 Å². The third-order valence-corrected chi connectivity index (χ3v) is 4.33. The summed E-state index contributed by atoms with van der Waals surface area (Å²) in [7, 11) is 3.94. The maximum absolute atomic E-state index is 12.3. The highest BCUT2D eigenvalue weighted by Gasteiger charge is 2.18. The summed E-state index contributed by atoms with van der Waals surface area (Å²) in [6.45, 7) is 2.75. The van der Waals surface area contributed by atoms with Crippen LogP contribution in [-0.2, 0) is 0 Å². The number of nitrogen functional groups attached to an aromatic ring is 1. The second-order valence-corrected chi connectivity index (χ2v) is 6.61. The SMILES string of the molecule is CC(CN(C)C)NC(=O)c1sc2ccc(Cl)cc2c1N. The minimum atomic E-state index is -0.130. The Morgan fingerprint density at radius 1 is 1.50 bits per heavy atom. The quantitative estimate of drug-likeness (QED) is 0.913. The summed E-state index contributed by atoms with van der Waals surface area (Å²) in [5.41, 5.74) is 6.57. The Morgan fingerprint density at radius 3 is 2.85 bits per heavy atom. The van der Waals surface area contributed by atoms with Crippen LogP contribution in [-0.4, -0.2) is 37.5 Å². The number of anilines is 1. The maximum Gasteiger partial charge on any atom is 0.263 e. The van der Waals surface area contributed by atoms with Gasteiger partial charge in [0.05, 0.1) is 5.69 Å². The van der Waals surface area contributed by atoms with Gasteiger partial charge in [0.2, 0.25) is 0 Å². The smallest absolute Gasteiger partial charge is 0.263 e. The normalized spacial score (nSPS) is 12.8. The Hall–Kier alpha value is -1.30. The topological polar surface area (TPSA) is 58.4 Å². The van der Waals surface area contributed by atoms with Gasteiger partial charge in [-0.15, -0.1) is 11.3 Å². The number of fused-ring (bicyclic) bond motifs is 1. The number of nitrogens with zero attached hydrogens (tertiary/aromatic N) is 1. The van der Waals surface area contributed by atoms with Crippen molar-refractivity contribution in [3.63, 3.8) is 0 Å². The van der Waals surface area contributed by atoms with Crippen molar-refractivity contribution < 1.29 is 4.79 Å². The first-order valence-electron chi connectivity index (χ1n) is 6.31. The number of nitrogens with two attached hydrogens (primary N) is 1. The number of hydrogen-bond acceptors (Lipinski definition) is 4. The van der Waals surface area contributed by atoms with E-state index < -0.39 is 0 Å². The molecule has 3 N–H and O–H groups in total. The summed E-state index contributed by atoms with van der Waals surface area (Å²) in [5, 5.41) is 4.42. The van der Waals surface area contributed by atoms with E-state index in [0.717, 1.165) is 16.6 Å². The van der Waals surface area contributed by atoms with Crippen molar-refractivity contribution in [1.29, 1.82) is 0 Å². The number of hydrogen-bond donors (Lipinski definition) is 2. The molecule has 2 rings (SSSR count). The van der Waals surface area contributed by atoms with Crippen molar-refractivity contribution in [2.24, 2.45) is 0 Å². The summed E-state index contributed by atoms with van der Waals surface area (Å²) < 4.78 is 0.970. The average Bonchev–Trinajstić information content (AvgIpc) is 2.65. The zero-order valence-corrected chi connectivity index (χ0v) is 13.3. The molecule has 1 aromatic carbocycles.